The van der Waals surface area contributed by atoms with Gasteiger partial charge in [0.05, 0.1) is 22.9 Å². The summed E-state index contributed by atoms with van der Waals surface area (Å²) in [5, 5.41) is 0.0817. The summed E-state index contributed by atoms with van der Waals surface area (Å²) in [6, 6.07) is 0.782. The van der Waals surface area contributed by atoms with Crippen molar-refractivity contribution in [1.82, 2.24) is 9.97 Å². The van der Waals surface area contributed by atoms with Gasteiger partial charge in [0.25, 0.3) is 0 Å². The number of aromatic nitrogens is 2. The van der Waals surface area contributed by atoms with Gasteiger partial charge in [-0.05, 0) is 19.9 Å². The summed E-state index contributed by atoms with van der Waals surface area (Å²) in [7, 11) is 0. The van der Waals surface area contributed by atoms with Gasteiger partial charge in [0.1, 0.15) is 15.6 Å². The van der Waals surface area contributed by atoms with E-state index in [0.29, 0.717) is 11.9 Å². The predicted octanol–water partition coefficient (Wildman–Crippen LogP) is 4.36. The lowest BCUT2D eigenvalue weighted by Gasteiger charge is -2.07. The number of rotatable bonds is 3. The lowest BCUT2D eigenvalue weighted by Crippen LogP contribution is -2.05. The number of hydrogen-bond acceptors (Lipinski definition) is 5. The molecule has 0 aromatic carbocycles. The van der Waals surface area contributed by atoms with Crippen molar-refractivity contribution < 1.29 is 22.7 Å². The van der Waals surface area contributed by atoms with Gasteiger partial charge in [-0.3, -0.25) is 4.98 Å². The fourth-order valence-electron chi connectivity index (χ4n) is 1.63. The Balaban J connectivity index is 2.41. The summed E-state index contributed by atoms with van der Waals surface area (Å²) in [4.78, 5) is 19.8. The molecule has 2 rings (SSSR count). The van der Waals surface area contributed by atoms with Crippen LogP contribution in [-0.4, -0.2) is 22.5 Å². The van der Waals surface area contributed by atoms with Crippen molar-refractivity contribution in [3.8, 4) is 10.7 Å². The first-order chi connectivity index (χ1) is 10.2. The second-order valence-electron chi connectivity index (χ2n) is 4.21. The molecule has 118 valence electrons. The molecule has 0 atom stereocenters. The number of carbonyl (C=O) groups is 1. The molecule has 0 fully saturated rings. The highest BCUT2D eigenvalue weighted by molar-refractivity contribution is 7.17. The smallest absolute Gasteiger partial charge is 0.417 e. The van der Waals surface area contributed by atoms with E-state index >= 15 is 0 Å². The number of pyridine rings is 1. The topological polar surface area (TPSA) is 52.1 Å². The molecule has 0 N–H and O–H groups in total. The number of halogens is 4. The summed E-state index contributed by atoms with van der Waals surface area (Å²) in [6.45, 7) is 3.48. The average molecular weight is 351 g/mol. The van der Waals surface area contributed by atoms with Crippen LogP contribution in [0.25, 0.3) is 10.7 Å². The second-order valence-corrected chi connectivity index (χ2v) is 5.61. The van der Waals surface area contributed by atoms with Crippen molar-refractivity contribution in [3.63, 3.8) is 0 Å². The molecule has 22 heavy (non-hydrogen) atoms. The van der Waals surface area contributed by atoms with Crippen LogP contribution in [-0.2, 0) is 10.9 Å². The summed E-state index contributed by atoms with van der Waals surface area (Å²) in [6.07, 6.45) is -3.84. The Hall–Kier alpha value is -1.67. The molecule has 0 aliphatic rings. The zero-order chi connectivity index (χ0) is 16.5. The first-order valence-electron chi connectivity index (χ1n) is 6.11. The van der Waals surface area contributed by atoms with E-state index in [1.807, 2.05) is 0 Å². The van der Waals surface area contributed by atoms with Gasteiger partial charge < -0.3 is 4.74 Å². The van der Waals surface area contributed by atoms with Crippen LogP contribution >= 0.6 is 22.9 Å². The number of thiazole rings is 1. The predicted molar refractivity (Wildman–Crippen MR) is 76.1 cm³/mol. The number of nitrogens with zero attached hydrogens (tertiary/aromatic N) is 2. The largest absolute Gasteiger partial charge is 0.462 e. The van der Waals surface area contributed by atoms with Gasteiger partial charge in [0.2, 0.25) is 0 Å². The number of ether oxygens (including phenoxy) is 1. The van der Waals surface area contributed by atoms with E-state index in [2.05, 4.69) is 9.97 Å². The number of esters is 1. The number of alkyl halides is 3. The second kappa shape index (κ2) is 6.21. The van der Waals surface area contributed by atoms with Gasteiger partial charge in [0, 0.05) is 6.20 Å². The first kappa shape index (κ1) is 16.7. The third-order valence-corrected chi connectivity index (χ3v) is 4.06. The zero-order valence-electron chi connectivity index (χ0n) is 11.5. The van der Waals surface area contributed by atoms with Crippen LogP contribution in [0.5, 0.6) is 0 Å². The maximum absolute atomic E-state index is 12.6. The minimum absolute atomic E-state index is 0.0957. The van der Waals surface area contributed by atoms with E-state index in [1.165, 1.54) is 0 Å². The van der Waals surface area contributed by atoms with Gasteiger partial charge in [-0.15, -0.1) is 11.3 Å². The highest BCUT2D eigenvalue weighted by Gasteiger charge is 2.32. The minimum atomic E-state index is -4.52. The van der Waals surface area contributed by atoms with Crippen molar-refractivity contribution in [2.45, 2.75) is 20.0 Å². The van der Waals surface area contributed by atoms with Gasteiger partial charge >= 0.3 is 12.1 Å². The molecule has 0 aliphatic carbocycles. The molecule has 0 spiro atoms. The normalized spacial score (nSPS) is 11.5. The van der Waals surface area contributed by atoms with Gasteiger partial charge in [0.15, 0.2) is 0 Å². The SMILES string of the molecule is CCOC(=O)c1sc(-c2ncc(C(F)(F)F)cc2Cl)nc1C. The van der Waals surface area contributed by atoms with Crippen molar-refractivity contribution in [3.05, 3.63) is 33.4 Å². The lowest BCUT2D eigenvalue weighted by molar-refractivity contribution is -0.137. The van der Waals surface area contributed by atoms with E-state index in [1.54, 1.807) is 13.8 Å². The molecule has 0 aliphatic heterocycles. The minimum Gasteiger partial charge on any atom is -0.462 e. The van der Waals surface area contributed by atoms with Gasteiger partial charge in [-0.2, -0.15) is 13.2 Å². The quantitative estimate of drug-likeness (QED) is 0.772. The Kier molecular flexibility index (Phi) is 4.72. The van der Waals surface area contributed by atoms with Gasteiger partial charge in [-0.1, -0.05) is 11.6 Å². The molecule has 2 aromatic heterocycles. The summed E-state index contributed by atoms with van der Waals surface area (Å²) in [5.41, 5.74) is -0.435. The van der Waals surface area contributed by atoms with Crippen LogP contribution in [0.15, 0.2) is 12.3 Å². The third-order valence-electron chi connectivity index (χ3n) is 2.63. The van der Waals surface area contributed by atoms with Crippen molar-refractivity contribution >= 4 is 28.9 Å². The standard InChI is InChI=1S/C13H10ClF3N2O2S/c1-3-21-12(20)10-6(2)19-11(22-10)9-8(14)4-7(5-18-9)13(15,16)17/h4-5H,3H2,1-2H3. The number of carbonyl (C=O) groups excluding carboxylic acids is 1. The zero-order valence-corrected chi connectivity index (χ0v) is 13.1. The maximum Gasteiger partial charge on any atom is 0.417 e. The molecule has 0 unspecified atom stereocenters. The lowest BCUT2D eigenvalue weighted by atomic mass is 10.2. The Morgan fingerprint density at radius 3 is 2.68 bits per heavy atom. The Labute approximate surface area is 132 Å². The van der Waals surface area contributed by atoms with Crippen LogP contribution < -0.4 is 0 Å². The fraction of sp³-hybridized carbons (Fsp3) is 0.308. The first-order valence-corrected chi connectivity index (χ1v) is 7.31. The van der Waals surface area contributed by atoms with E-state index in [9.17, 15) is 18.0 Å². The maximum atomic E-state index is 12.6. The molecular weight excluding hydrogens is 341 g/mol. The summed E-state index contributed by atoms with van der Waals surface area (Å²) in [5.74, 6) is -0.535. The van der Waals surface area contributed by atoms with Gasteiger partial charge in [-0.25, -0.2) is 9.78 Å². The Morgan fingerprint density at radius 1 is 1.45 bits per heavy atom. The molecule has 0 saturated carbocycles. The van der Waals surface area contributed by atoms with Crippen LogP contribution in [0.3, 0.4) is 0 Å². The molecule has 0 bridgehead atoms. The molecule has 0 saturated heterocycles. The van der Waals surface area contributed by atoms with Crippen LogP contribution in [0.4, 0.5) is 13.2 Å². The summed E-state index contributed by atoms with van der Waals surface area (Å²) < 4.78 is 42.6. The average Bonchev–Trinajstić information content (AvgIpc) is 2.79. The Morgan fingerprint density at radius 2 is 2.14 bits per heavy atom. The third kappa shape index (κ3) is 3.38. The molecular formula is C13H10ClF3N2O2S. The molecule has 9 heteroatoms. The van der Waals surface area contributed by atoms with E-state index in [0.717, 1.165) is 17.4 Å². The summed E-state index contributed by atoms with van der Waals surface area (Å²) >= 11 is 6.83. The van der Waals surface area contributed by atoms with E-state index < -0.39 is 17.7 Å². The van der Waals surface area contributed by atoms with E-state index in [-0.39, 0.29) is 27.2 Å². The van der Waals surface area contributed by atoms with Crippen LogP contribution in [0.2, 0.25) is 5.02 Å². The Bertz CT molecular complexity index is 716. The van der Waals surface area contributed by atoms with E-state index in [4.69, 9.17) is 16.3 Å². The van der Waals surface area contributed by atoms with Crippen molar-refractivity contribution in [1.29, 1.82) is 0 Å². The molecule has 4 nitrogen and oxygen atoms in total. The molecule has 2 aromatic rings. The fourth-order valence-corrected chi connectivity index (χ4v) is 2.92. The number of aryl methyl sites for hydroxylation is 1. The van der Waals surface area contributed by atoms with Crippen molar-refractivity contribution in [2.75, 3.05) is 6.61 Å². The number of hydrogen-bond donors (Lipinski definition) is 0. The highest BCUT2D eigenvalue weighted by atomic mass is 35.5. The monoisotopic (exact) mass is 350 g/mol. The molecule has 0 radical (unpaired) electrons. The molecule has 0 amide bonds. The molecule has 2 heterocycles. The van der Waals surface area contributed by atoms with Crippen LogP contribution in [0, 0.1) is 6.92 Å². The van der Waals surface area contributed by atoms with Crippen LogP contribution in [0.1, 0.15) is 27.9 Å². The highest BCUT2D eigenvalue weighted by Crippen LogP contribution is 2.36. The van der Waals surface area contributed by atoms with Crippen molar-refractivity contribution in [2.24, 2.45) is 0 Å².